The first-order valence-electron chi connectivity index (χ1n) is 12.2. The molecule has 0 bridgehead atoms. The summed E-state index contributed by atoms with van der Waals surface area (Å²) in [7, 11) is 0. The molecule has 2 aliphatic heterocycles. The normalized spacial score (nSPS) is 19.7. The molecule has 1 saturated heterocycles. The van der Waals surface area contributed by atoms with Crippen LogP contribution in [0.1, 0.15) is 63.0 Å². The van der Waals surface area contributed by atoms with Crippen LogP contribution in [-0.2, 0) is 13.1 Å². The molecule has 32 heavy (non-hydrogen) atoms. The second kappa shape index (κ2) is 9.61. The third-order valence-electron chi connectivity index (χ3n) is 7.14. The van der Waals surface area contributed by atoms with Crippen molar-refractivity contribution in [1.29, 1.82) is 0 Å². The van der Waals surface area contributed by atoms with Gasteiger partial charge in [-0.3, -0.25) is 0 Å². The lowest BCUT2D eigenvalue weighted by atomic mass is 9.96. The van der Waals surface area contributed by atoms with Crippen LogP contribution < -0.4 is 20.4 Å². The van der Waals surface area contributed by atoms with Crippen LogP contribution in [0.4, 0.5) is 17.6 Å². The van der Waals surface area contributed by atoms with Crippen LogP contribution in [0.15, 0.2) is 30.3 Å². The highest BCUT2D eigenvalue weighted by Gasteiger charge is 2.24. The van der Waals surface area contributed by atoms with Gasteiger partial charge in [-0.2, -0.15) is 9.97 Å². The molecule has 0 amide bonds. The molecule has 2 aromatic rings. The third kappa shape index (κ3) is 4.98. The number of anilines is 3. The van der Waals surface area contributed by atoms with Gasteiger partial charge < -0.3 is 20.4 Å². The number of fused-ring (bicyclic) bond motifs is 1. The van der Waals surface area contributed by atoms with Gasteiger partial charge in [0.25, 0.3) is 0 Å². The molecule has 3 heterocycles. The highest BCUT2D eigenvalue weighted by molar-refractivity contribution is 7.80. The van der Waals surface area contributed by atoms with Gasteiger partial charge in [0.05, 0.1) is 0 Å². The van der Waals surface area contributed by atoms with Crippen molar-refractivity contribution in [1.82, 2.24) is 15.3 Å². The van der Waals surface area contributed by atoms with Gasteiger partial charge in [0.1, 0.15) is 11.6 Å². The van der Waals surface area contributed by atoms with E-state index in [1.165, 1.54) is 56.1 Å². The highest BCUT2D eigenvalue weighted by atomic mass is 32.1. The molecular weight excluding hydrogens is 416 g/mol. The van der Waals surface area contributed by atoms with Gasteiger partial charge >= 0.3 is 0 Å². The first-order chi connectivity index (χ1) is 15.6. The van der Waals surface area contributed by atoms with Gasteiger partial charge in [0, 0.05) is 38.3 Å². The number of nitrogens with one attached hydrogen (secondary N) is 2. The minimum atomic E-state index is 0.461. The largest absolute Gasteiger partial charge is 0.360 e. The van der Waals surface area contributed by atoms with Crippen LogP contribution in [0.5, 0.6) is 0 Å². The first-order valence-corrected chi connectivity index (χ1v) is 12.6. The van der Waals surface area contributed by atoms with Gasteiger partial charge in [0.2, 0.25) is 5.95 Å². The summed E-state index contributed by atoms with van der Waals surface area (Å²) in [5, 5.41) is 7.43. The molecule has 6 nitrogen and oxygen atoms in total. The van der Waals surface area contributed by atoms with Gasteiger partial charge in [0.15, 0.2) is 5.11 Å². The molecule has 7 heteroatoms. The minimum absolute atomic E-state index is 0.461. The van der Waals surface area contributed by atoms with Crippen molar-refractivity contribution in [2.75, 3.05) is 28.2 Å². The molecule has 0 atom stereocenters. The molecule has 3 aliphatic rings. The lowest BCUT2D eigenvalue weighted by molar-refractivity contribution is 0.414. The molecule has 1 aromatic heterocycles. The number of nitrogens with zero attached hydrogens (tertiary/aromatic N) is 4. The highest BCUT2D eigenvalue weighted by Crippen LogP contribution is 2.31. The van der Waals surface area contributed by atoms with Crippen LogP contribution in [0.3, 0.4) is 0 Å². The van der Waals surface area contributed by atoms with E-state index in [2.05, 4.69) is 57.7 Å². The van der Waals surface area contributed by atoms with Crippen LogP contribution in [-0.4, -0.2) is 34.2 Å². The van der Waals surface area contributed by atoms with Crippen LogP contribution in [0.25, 0.3) is 0 Å². The van der Waals surface area contributed by atoms with Crippen LogP contribution in [0.2, 0.25) is 0 Å². The van der Waals surface area contributed by atoms with Crippen molar-refractivity contribution in [3.8, 4) is 0 Å². The van der Waals surface area contributed by atoms with E-state index in [4.69, 9.17) is 22.2 Å². The molecule has 2 N–H and O–H groups in total. The summed E-state index contributed by atoms with van der Waals surface area (Å²) in [6.45, 7) is 6.19. The minimum Gasteiger partial charge on any atom is -0.360 e. The topological polar surface area (TPSA) is 56.3 Å². The van der Waals surface area contributed by atoms with E-state index in [1.54, 1.807) is 0 Å². The Labute approximate surface area is 196 Å². The van der Waals surface area contributed by atoms with Crippen LogP contribution in [0, 0.1) is 5.92 Å². The van der Waals surface area contributed by atoms with Crippen molar-refractivity contribution in [2.24, 2.45) is 5.92 Å². The Kier molecular flexibility index (Phi) is 6.44. The van der Waals surface area contributed by atoms with E-state index in [0.29, 0.717) is 17.1 Å². The molecule has 5 rings (SSSR count). The molecule has 1 saturated carbocycles. The predicted octanol–water partition coefficient (Wildman–Crippen LogP) is 4.85. The van der Waals surface area contributed by atoms with Crippen molar-refractivity contribution in [3.63, 3.8) is 0 Å². The number of hydrogen-bond acceptors (Lipinski definition) is 5. The SMILES string of the molecule is CC1CCN(c2cc(N3Cc4ccccc4C3)nc(NC(=S)NC3CCCCC3)n2)CC1. The summed E-state index contributed by atoms with van der Waals surface area (Å²) < 4.78 is 0. The van der Waals surface area contributed by atoms with Gasteiger partial charge in [-0.05, 0) is 54.9 Å². The number of thiocarbonyl (C=S) groups is 1. The molecule has 2 fully saturated rings. The predicted molar refractivity (Wildman–Crippen MR) is 135 cm³/mol. The van der Waals surface area contributed by atoms with Crippen molar-refractivity contribution in [3.05, 3.63) is 41.5 Å². The Balaban J connectivity index is 1.36. The third-order valence-corrected chi connectivity index (χ3v) is 7.36. The van der Waals surface area contributed by atoms with E-state index >= 15 is 0 Å². The zero-order valence-corrected chi connectivity index (χ0v) is 19.8. The first kappa shape index (κ1) is 21.4. The zero-order valence-electron chi connectivity index (χ0n) is 19.0. The molecule has 0 radical (unpaired) electrons. The second-order valence-corrected chi connectivity index (χ2v) is 10.0. The fraction of sp³-hybridized carbons (Fsp3) is 0.560. The second-order valence-electron chi connectivity index (χ2n) is 9.64. The Hall–Kier alpha value is -2.41. The maximum Gasteiger partial charge on any atom is 0.232 e. The van der Waals surface area contributed by atoms with E-state index in [0.717, 1.165) is 43.7 Å². The summed E-state index contributed by atoms with van der Waals surface area (Å²) in [6, 6.07) is 11.3. The Morgan fingerprint density at radius 2 is 1.53 bits per heavy atom. The Bertz CT molecular complexity index is 924. The average Bonchev–Trinajstić information content (AvgIpc) is 3.24. The molecule has 170 valence electrons. The number of benzene rings is 1. The molecule has 0 unspecified atom stereocenters. The van der Waals surface area contributed by atoms with Gasteiger partial charge in [-0.1, -0.05) is 50.5 Å². The quantitative estimate of drug-likeness (QED) is 0.646. The van der Waals surface area contributed by atoms with Crippen molar-refractivity contribution in [2.45, 2.75) is 71.0 Å². The summed E-state index contributed by atoms with van der Waals surface area (Å²) in [6.07, 6.45) is 8.67. The standard InChI is InChI=1S/C25H34N6S/c1-18-11-13-30(14-12-18)22-15-23(31-16-19-7-5-6-8-20(19)17-31)28-24(27-22)29-25(32)26-21-9-3-2-4-10-21/h5-8,15,18,21H,2-4,9-14,16-17H2,1H3,(H2,26,27,28,29,32). The fourth-order valence-corrected chi connectivity index (χ4v) is 5.36. The Morgan fingerprint density at radius 3 is 2.19 bits per heavy atom. The summed E-state index contributed by atoms with van der Waals surface area (Å²) >= 11 is 5.64. The monoisotopic (exact) mass is 450 g/mol. The smallest absolute Gasteiger partial charge is 0.232 e. The number of aromatic nitrogens is 2. The lowest BCUT2D eigenvalue weighted by Crippen LogP contribution is -2.39. The van der Waals surface area contributed by atoms with E-state index in [1.807, 2.05) is 0 Å². The number of hydrogen-bond donors (Lipinski definition) is 2. The number of rotatable bonds is 4. The molecule has 0 spiro atoms. The van der Waals surface area contributed by atoms with E-state index < -0.39 is 0 Å². The van der Waals surface area contributed by atoms with Gasteiger partial charge in [-0.25, -0.2) is 0 Å². The molecular formula is C25H34N6S. The number of piperidine rings is 1. The summed E-state index contributed by atoms with van der Waals surface area (Å²) in [5.74, 6) is 3.35. The average molecular weight is 451 g/mol. The van der Waals surface area contributed by atoms with E-state index in [9.17, 15) is 0 Å². The molecule has 1 aliphatic carbocycles. The maximum absolute atomic E-state index is 5.64. The zero-order chi connectivity index (χ0) is 21.9. The molecule has 1 aromatic carbocycles. The fourth-order valence-electron chi connectivity index (χ4n) is 5.10. The van der Waals surface area contributed by atoms with Crippen LogP contribution >= 0.6 is 12.2 Å². The summed E-state index contributed by atoms with van der Waals surface area (Å²) in [5.41, 5.74) is 2.76. The lowest BCUT2D eigenvalue weighted by Gasteiger charge is -2.32. The van der Waals surface area contributed by atoms with E-state index in [-0.39, 0.29) is 0 Å². The maximum atomic E-state index is 5.64. The summed E-state index contributed by atoms with van der Waals surface area (Å²) in [4.78, 5) is 14.5. The van der Waals surface area contributed by atoms with Gasteiger partial charge in [-0.15, -0.1) is 0 Å². The van der Waals surface area contributed by atoms with Crippen molar-refractivity contribution >= 4 is 34.9 Å². The van der Waals surface area contributed by atoms with Crippen molar-refractivity contribution < 1.29 is 0 Å². The Morgan fingerprint density at radius 1 is 0.906 bits per heavy atom.